The molecule has 3 amide bonds. The zero-order valence-corrected chi connectivity index (χ0v) is 34.1. The van der Waals surface area contributed by atoms with Gasteiger partial charge in [0.05, 0.1) is 18.6 Å². The number of aliphatic carboxylic acids is 1. The Kier molecular flexibility index (Phi) is 16.4. The van der Waals surface area contributed by atoms with Crippen molar-refractivity contribution in [2.24, 2.45) is 11.8 Å². The highest BCUT2D eigenvalue weighted by Crippen LogP contribution is 2.34. The summed E-state index contributed by atoms with van der Waals surface area (Å²) in [5, 5.41) is 18.4. The number of likely N-dealkylation sites (tertiary alicyclic amines) is 1. The lowest BCUT2D eigenvalue weighted by molar-refractivity contribution is -0.144. The molecule has 13 nitrogen and oxygen atoms in total. The maximum Gasteiger partial charge on any atom is 0.311 e. The molecular formula is C40H61N5O8S. The molecule has 4 rings (SSSR count). The highest BCUT2D eigenvalue weighted by Gasteiger charge is 2.39. The number of piperidine rings is 1. The number of ether oxygens (including phenoxy) is 3. The normalized spacial score (nSPS) is 21.1. The molecule has 300 valence electrons. The number of nitrogens with zero attached hydrogens (tertiary/aromatic N) is 3. The Morgan fingerprint density at radius 3 is 2.54 bits per heavy atom. The van der Waals surface area contributed by atoms with Crippen LogP contribution in [-0.2, 0) is 35.0 Å². The number of nitrogens with one attached hydrogen (secondary N) is 2. The monoisotopic (exact) mass is 771 g/mol. The van der Waals surface area contributed by atoms with Crippen LogP contribution in [0.3, 0.4) is 0 Å². The highest BCUT2D eigenvalue weighted by atomic mass is 32.1. The van der Waals surface area contributed by atoms with Crippen molar-refractivity contribution < 1.29 is 38.5 Å². The summed E-state index contributed by atoms with van der Waals surface area (Å²) in [5.74, 6) is -2.43. The van der Waals surface area contributed by atoms with Crippen molar-refractivity contribution in [1.29, 1.82) is 0 Å². The maximum atomic E-state index is 14.6. The predicted octanol–water partition coefficient (Wildman–Crippen LogP) is 4.93. The summed E-state index contributed by atoms with van der Waals surface area (Å²) in [6.07, 6.45) is 4.04. The fraction of sp³-hybridized carbons (Fsp3) is 0.675. The second-order valence-electron chi connectivity index (χ2n) is 15.3. The summed E-state index contributed by atoms with van der Waals surface area (Å²) in [6.45, 7) is 11.5. The Morgan fingerprint density at radius 1 is 1.13 bits per heavy atom. The number of rotatable bonds is 19. The molecule has 54 heavy (non-hydrogen) atoms. The van der Waals surface area contributed by atoms with E-state index in [1.807, 2.05) is 64.8 Å². The Hall–Kier alpha value is -3.43. The third-order valence-electron chi connectivity index (χ3n) is 11.0. The Morgan fingerprint density at radius 2 is 1.89 bits per heavy atom. The summed E-state index contributed by atoms with van der Waals surface area (Å²) in [5.41, 5.74) is 2.93. The van der Waals surface area contributed by atoms with Gasteiger partial charge in [-0.3, -0.25) is 24.1 Å². The molecule has 2 heterocycles. The Labute approximate surface area is 324 Å². The summed E-state index contributed by atoms with van der Waals surface area (Å²) in [7, 11) is 5.09. The first-order valence-electron chi connectivity index (χ1n) is 19.3. The lowest BCUT2D eigenvalue weighted by Gasteiger charge is -2.40. The van der Waals surface area contributed by atoms with Gasteiger partial charge in [0.1, 0.15) is 29.6 Å². The second-order valence-corrected chi connectivity index (χ2v) is 16.2. The van der Waals surface area contributed by atoms with Gasteiger partial charge in [-0.25, -0.2) is 4.98 Å². The maximum absolute atomic E-state index is 14.6. The SMILES string of the molecule is CCC(C)C(NC(=O)C1CCCCN1C)C(=O)N(CCOC)[C@H](C[C@@H](OCOC)c1nc(C(=O)N[C@H]2Cc3ccc(C)cc3[C@H](C(=O)O)C2)cs1)C(C)C. The summed E-state index contributed by atoms with van der Waals surface area (Å²) in [6, 6.07) is 4.12. The van der Waals surface area contributed by atoms with Gasteiger partial charge in [0.25, 0.3) is 5.91 Å². The van der Waals surface area contributed by atoms with Crippen molar-refractivity contribution in [3.8, 4) is 0 Å². The Balaban J connectivity index is 1.55. The van der Waals surface area contributed by atoms with Gasteiger partial charge in [-0.15, -0.1) is 11.3 Å². The van der Waals surface area contributed by atoms with Crippen molar-refractivity contribution in [3.05, 3.63) is 51.0 Å². The number of carbonyl (C=O) groups is 4. The molecule has 1 aliphatic carbocycles. The molecule has 1 aliphatic heterocycles. The van der Waals surface area contributed by atoms with Crippen LogP contribution in [0.1, 0.15) is 110 Å². The molecule has 1 saturated heterocycles. The van der Waals surface area contributed by atoms with Gasteiger partial charge in [0, 0.05) is 44.6 Å². The smallest absolute Gasteiger partial charge is 0.311 e. The zero-order valence-electron chi connectivity index (χ0n) is 33.3. The van der Waals surface area contributed by atoms with Crippen molar-refractivity contribution in [2.45, 2.75) is 116 Å². The lowest BCUT2D eigenvalue weighted by atomic mass is 9.79. The molecule has 7 atom stereocenters. The van der Waals surface area contributed by atoms with E-state index in [9.17, 15) is 24.3 Å². The number of amides is 3. The summed E-state index contributed by atoms with van der Waals surface area (Å²) >= 11 is 1.29. The molecule has 3 unspecified atom stereocenters. The van der Waals surface area contributed by atoms with E-state index in [4.69, 9.17) is 19.2 Å². The number of hydrogen-bond acceptors (Lipinski definition) is 10. The number of benzene rings is 1. The van der Waals surface area contributed by atoms with E-state index in [0.29, 0.717) is 37.4 Å². The van der Waals surface area contributed by atoms with E-state index in [0.717, 1.165) is 42.5 Å². The third kappa shape index (κ3) is 11.1. The number of aromatic nitrogens is 1. The molecule has 3 N–H and O–H groups in total. The minimum Gasteiger partial charge on any atom is -0.481 e. The number of methoxy groups -OCH3 is 2. The number of carbonyl (C=O) groups excluding carboxylic acids is 3. The molecule has 14 heteroatoms. The fourth-order valence-electron chi connectivity index (χ4n) is 7.64. The van der Waals surface area contributed by atoms with Gasteiger partial charge in [-0.05, 0) is 69.2 Å². The van der Waals surface area contributed by atoms with Crippen LogP contribution in [0.25, 0.3) is 0 Å². The molecule has 2 aromatic rings. The first-order valence-corrected chi connectivity index (χ1v) is 20.2. The van der Waals surface area contributed by atoms with Gasteiger partial charge in [-0.1, -0.05) is 64.3 Å². The molecule has 2 aliphatic rings. The number of thiazole rings is 1. The standard InChI is InChI=1S/C40H61N5O8S/c1-9-26(5)35(43-37(47)32-12-10-11-15-44(32)6)39(48)45(16-17-51-7)33(24(2)3)21-34(53-23-52-8)38-42-31(22-54-38)36(46)41-28-19-27-14-13-25(4)18-29(27)30(20-28)40(49)50/h13-14,18,22,24,26,28,30,32-35H,9-12,15-17,19-21,23H2,1-8H3,(H,41,46)(H,43,47)(H,49,50)/t26?,28-,30+,32?,33+,34+,35?/m0/s1. The van der Waals surface area contributed by atoms with Crippen LogP contribution in [0, 0.1) is 18.8 Å². The minimum absolute atomic E-state index is 0.0138. The Bertz CT molecular complexity index is 1570. The fourth-order valence-corrected chi connectivity index (χ4v) is 8.50. The molecule has 0 saturated carbocycles. The minimum atomic E-state index is -0.915. The number of likely N-dealkylation sites (N-methyl/N-ethyl adjacent to an activating group) is 1. The zero-order chi connectivity index (χ0) is 39.5. The van der Waals surface area contributed by atoms with E-state index in [1.165, 1.54) is 18.4 Å². The van der Waals surface area contributed by atoms with Crippen molar-refractivity contribution in [1.82, 2.24) is 25.4 Å². The molecule has 0 spiro atoms. The number of carboxylic acids is 1. The highest BCUT2D eigenvalue weighted by molar-refractivity contribution is 7.09. The molecule has 1 aromatic heterocycles. The van der Waals surface area contributed by atoms with Crippen LogP contribution >= 0.6 is 11.3 Å². The first-order chi connectivity index (χ1) is 25.8. The third-order valence-corrected chi connectivity index (χ3v) is 11.9. The van der Waals surface area contributed by atoms with Gasteiger partial charge < -0.3 is 34.9 Å². The van der Waals surface area contributed by atoms with Crippen LogP contribution in [0.15, 0.2) is 23.6 Å². The average Bonchev–Trinajstić information content (AvgIpc) is 3.64. The van der Waals surface area contributed by atoms with Gasteiger partial charge in [-0.2, -0.15) is 0 Å². The number of fused-ring (bicyclic) bond motifs is 1. The van der Waals surface area contributed by atoms with E-state index < -0.39 is 24.0 Å². The van der Waals surface area contributed by atoms with E-state index in [1.54, 1.807) is 12.5 Å². The second kappa shape index (κ2) is 20.5. The van der Waals surface area contributed by atoms with Crippen LogP contribution in [0.4, 0.5) is 0 Å². The topological polar surface area (TPSA) is 160 Å². The predicted molar refractivity (Wildman–Crippen MR) is 207 cm³/mol. The molecular weight excluding hydrogens is 711 g/mol. The van der Waals surface area contributed by atoms with Gasteiger partial charge in [0.15, 0.2) is 0 Å². The van der Waals surface area contributed by atoms with E-state index in [2.05, 4.69) is 15.5 Å². The molecule has 0 radical (unpaired) electrons. The average molecular weight is 772 g/mol. The lowest BCUT2D eigenvalue weighted by Crippen LogP contribution is -2.59. The van der Waals surface area contributed by atoms with E-state index in [-0.39, 0.29) is 66.6 Å². The van der Waals surface area contributed by atoms with E-state index >= 15 is 0 Å². The molecule has 1 fully saturated rings. The summed E-state index contributed by atoms with van der Waals surface area (Å²) in [4.78, 5) is 62.6. The number of hydrogen-bond donors (Lipinski definition) is 3. The van der Waals surface area contributed by atoms with Gasteiger partial charge >= 0.3 is 5.97 Å². The largest absolute Gasteiger partial charge is 0.481 e. The first kappa shape index (κ1) is 43.3. The van der Waals surface area contributed by atoms with Crippen molar-refractivity contribution in [2.75, 3.05) is 47.8 Å². The number of carboxylic acid groups (broad SMARTS) is 1. The molecule has 1 aromatic carbocycles. The van der Waals surface area contributed by atoms with Crippen molar-refractivity contribution >= 4 is 35.0 Å². The molecule has 0 bridgehead atoms. The van der Waals surface area contributed by atoms with Gasteiger partial charge in [0.2, 0.25) is 11.8 Å². The van der Waals surface area contributed by atoms with Crippen LogP contribution in [-0.4, -0.2) is 116 Å². The van der Waals surface area contributed by atoms with Crippen LogP contribution in [0.2, 0.25) is 0 Å². The number of aryl methyl sites for hydroxylation is 1. The van der Waals surface area contributed by atoms with Crippen molar-refractivity contribution in [3.63, 3.8) is 0 Å². The van der Waals surface area contributed by atoms with Crippen LogP contribution in [0.5, 0.6) is 0 Å². The van der Waals surface area contributed by atoms with Crippen LogP contribution < -0.4 is 10.6 Å². The summed E-state index contributed by atoms with van der Waals surface area (Å²) < 4.78 is 17.0. The quantitative estimate of drug-likeness (QED) is 0.167.